The van der Waals surface area contributed by atoms with Crippen LogP contribution < -0.4 is 5.32 Å². The number of imidazole rings is 1. The maximum atomic E-state index is 11.8. The van der Waals surface area contributed by atoms with Gasteiger partial charge in [0.05, 0.1) is 5.56 Å². The van der Waals surface area contributed by atoms with Crippen LogP contribution in [0.15, 0.2) is 30.7 Å². The molecule has 0 saturated heterocycles. The van der Waals surface area contributed by atoms with Gasteiger partial charge in [-0.2, -0.15) is 0 Å². The molecule has 100 valence electrons. The molecule has 2 rings (SSSR count). The second kappa shape index (κ2) is 5.99. The lowest BCUT2D eigenvalue weighted by Crippen LogP contribution is -2.24. The molecule has 0 aliphatic carbocycles. The molecule has 6 heteroatoms. The van der Waals surface area contributed by atoms with Gasteiger partial charge in [-0.1, -0.05) is 0 Å². The molecule has 19 heavy (non-hydrogen) atoms. The summed E-state index contributed by atoms with van der Waals surface area (Å²) in [5, 5.41) is 11.2. The van der Waals surface area contributed by atoms with E-state index in [0.717, 1.165) is 5.65 Å². The molecular weight excluding hydrogens is 246 g/mol. The number of aromatic nitrogens is 2. The number of nitrogens with one attached hydrogen (secondary N) is 1. The van der Waals surface area contributed by atoms with Crippen molar-refractivity contribution in [3.63, 3.8) is 0 Å². The largest absolute Gasteiger partial charge is 0.481 e. The Balaban J connectivity index is 1.84. The lowest BCUT2D eigenvalue weighted by atomic mass is 10.2. The van der Waals surface area contributed by atoms with Crippen LogP contribution in [0.4, 0.5) is 0 Å². The minimum absolute atomic E-state index is 0.136. The number of hydrogen-bond donors (Lipinski definition) is 2. The number of unbranched alkanes of at least 4 members (excludes halogenated alkanes) is 1. The fraction of sp³-hybridized carbons (Fsp3) is 0.308. The summed E-state index contributed by atoms with van der Waals surface area (Å²) in [5.41, 5.74) is 1.35. The third kappa shape index (κ3) is 3.54. The highest BCUT2D eigenvalue weighted by molar-refractivity contribution is 5.94. The summed E-state index contributed by atoms with van der Waals surface area (Å²) in [5.74, 6) is -0.970. The van der Waals surface area contributed by atoms with Crippen molar-refractivity contribution in [3.05, 3.63) is 36.3 Å². The summed E-state index contributed by atoms with van der Waals surface area (Å²) < 4.78 is 1.78. The van der Waals surface area contributed by atoms with Crippen molar-refractivity contribution < 1.29 is 14.7 Å². The lowest BCUT2D eigenvalue weighted by Gasteiger charge is -2.05. The molecular formula is C13H15N3O3. The molecule has 0 unspecified atom stereocenters. The Morgan fingerprint density at radius 1 is 1.32 bits per heavy atom. The summed E-state index contributed by atoms with van der Waals surface area (Å²) in [4.78, 5) is 26.3. The van der Waals surface area contributed by atoms with E-state index in [1.807, 2.05) is 0 Å². The van der Waals surface area contributed by atoms with Crippen molar-refractivity contribution >= 4 is 17.5 Å². The number of carboxylic acid groups (broad SMARTS) is 1. The van der Waals surface area contributed by atoms with Crippen LogP contribution in [0.2, 0.25) is 0 Å². The molecule has 0 radical (unpaired) electrons. The Morgan fingerprint density at radius 2 is 2.16 bits per heavy atom. The van der Waals surface area contributed by atoms with Crippen LogP contribution in [0.1, 0.15) is 29.6 Å². The molecule has 0 spiro atoms. The third-order valence-corrected chi connectivity index (χ3v) is 2.75. The maximum absolute atomic E-state index is 11.8. The zero-order chi connectivity index (χ0) is 13.7. The van der Waals surface area contributed by atoms with Crippen LogP contribution in [-0.2, 0) is 4.79 Å². The number of pyridine rings is 1. The van der Waals surface area contributed by atoms with Crippen molar-refractivity contribution in [2.24, 2.45) is 0 Å². The number of amides is 1. The van der Waals surface area contributed by atoms with E-state index < -0.39 is 5.97 Å². The van der Waals surface area contributed by atoms with Crippen LogP contribution in [-0.4, -0.2) is 32.9 Å². The van der Waals surface area contributed by atoms with Gasteiger partial charge in [-0.3, -0.25) is 9.59 Å². The quantitative estimate of drug-likeness (QED) is 0.768. The standard InChI is InChI=1S/C13H15N3O3/c17-12(18)3-1-2-6-15-13(19)10-4-5-11-14-7-8-16(11)9-10/h4-5,7-9H,1-3,6H2,(H,15,19)(H,17,18). The number of hydrogen-bond acceptors (Lipinski definition) is 3. The van der Waals surface area contributed by atoms with Crippen molar-refractivity contribution in [2.75, 3.05) is 6.54 Å². The van der Waals surface area contributed by atoms with E-state index in [0.29, 0.717) is 24.9 Å². The molecule has 2 heterocycles. The first-order valence-electron chi connectivity index (χ1n) is 6.09. The van der Waals surface area contributed by atoms with Crippen LogP contribution in [0.25, 0.3) is 5.65 Å². The molecule has 2 aromatic heterocycles. The zero-order valence-electron chi connectivity index (χ0n) is 10.4. The Hall–Kier alpha value is -2.37. The van der Waals surface area contributed by atoms with Crippen molar-refractivity contribution in [1.82, 2.24) is 14.7 Å². The molecule has 0 atom stereocenters. The van der Waals surface area contributed by atoms with Crippen LogP contribution in [0, 0.1) is 0 Å². The van der Waals surface area contributed by atoms with Crippen LogP contribution >= 0.6 is 0 Å². The van der Waals surface area contributed by atoms with Gasteiger partial charge in [0.25, 0.3) is 5.91 Å². The Kier molecular flexibility index (Phi) is 4.12. The van der Waals surface area contributed by atoms with Gasteiger partial charge >= 0.3 is 5.97 Å². The van der Waals surface area contributed by atoms with E-state index in [1.165, 1.54) is 0 Å². The SMILES string of the molecule is O=C(O)CCCCNC(=O)c1ccc2nccn2c1. The first-order valence-corrected chi connectivity index (χ1v) is 6.09. The summed E-state index contributed by atoms with van der Waals surface area (Å²) in [6.45, 7) is 0.480. The summed E-state index contributed by atoms with van der Waals surface area (Å²) >= 11 is 0. The van der Waals surface area contributed by atoms with E-state index in [2.05, 4.69) is 10.3 Å². The van der Waals surface area contributed by atoms with Crippen molar-refractivity contribution in [3.8, 4) is 0 Å². The number of carbonyl (C=O) groups is 2. The molecule has 0 aliphatic heterocycles. The predicted octanol–water partition coefficient (Wildman–Crippen LogP) is 1.32. The fourth-order valence-electron chi connectivity index (χ4n) is 1.76. The van der Waals surface area contributed by atoms with Gasteiger partial charge in [0.2, 0.25) is 0 Å². The van der Waals surface area contributed by atoms with Gasteiger partial charge in [0.15, 0.2) is 0 Å². The first-order chi connectivity index (χ1) is 9.16. The second-order valence-electron chi connectivity index (χ2n) is 4.22. The van der Waals surface area contributed by atoms with Crippen molar-refractivity contribution in [1.29, 1.82) is 0 Å². The zero-order valence-corrected chi connectivity index (χ0v) is 10.4. The van der Waals surface area contributed by atoms with Gasteiger partial charge < -0.3 is 14.8 Å². The number of rotatable bonds is 6. The van der Waals surface area contributed by atoms with Gasteiger partial charge in [-0.15, -0.1) is 0 Å². The molecule has 0 fully saturated rings. The Labute approximate surface area is 110 Å². The van der Waals surface area contributed by atoms with E-state index >= 15 is 0 Å². The highest BCUT2D eigenvalue weighted by Gasteiger charge is 2.06. The number of carbonyl (C=O) groups excluding carboxylic acids is 1. The number of nitrogens with zero attached hydrogens (tertiary/aromatic N) is 2. The molecule has 0 aromatic carbocycles. The minimum Gasteiger partial charge on any atom is -0.481 e. The van der Waals surface area contributed by atoms with Gasteiger partial charge in [-0.05, 0) is 25.0 Å². The summed E-state index contributed by atoms with van der Waals surface area (Å²) in [7, 11) is 0. The Morgan fingerprint density at radius 3 is 2.95 bits per heavy atom. The second-order valence-corrected chi connectivity index (χ2v) is 4.22. The van der Waals surface area contributed by atoms with E-state index in [4.69, 9.17) is 5.11 Å². The molecule has 6 nitrogen and oxygen atoms in total. The normalized spacial score (nSPS) is 10.5. The topological polar surface area (TPSA) is 83.7 Å². The fourth-order valence-corrected chi connectivity index (χ4v) is 1.76. The smallest absolute Gasteiger partial charge is 0.303 e. The minimum atomic E-state index is -0.808. The van der Waals surface area contributed by atoms with Crippen LogP contribution in [0.5, 0.6) is 0 Å². The summed E-state index contributed by atoms with van der Waals surface area (Å²) in [6.07, 6.45) is 6.52. The molecule has 2 N–H and O–H groups in total. The predicted molar refractivity (Wildman–Crippen MR) is 69.0 cm³/mol. The molecule has 0 saturated carbocycles. The Bertz CT molecular complexity index is 592. The number of fused-ring (bicyclic) bond motifs is 1. The highest BCUT2D eigenvalue weighted by Crippen LogP contribution is 2.04. The average molecular weight is 261 g/mol. The molecule has 0 aliphatic rings. The van der Waals surface area contributed by atoms with Gasteiger partial charge in [-0.25, -0.2) is 4.98 Å². The molecule has 2 aromatic rings. The van der Waals surface area contributed by atoms with E-state index in [1.54, 1.807) is 35.1 Å². The molecule has 0 bridgehead atoms. The van der Waals surface area contributed by atoms with Gasteiger partial charge in [0.1, 0.15) is 5.65 Å². The average Bonchev–Trinajstić information content (AvgIpc) is 2.84. The molecule has 1 amide bonds. The monoisotopic (exact) mass is 261 g/mol. The number of aliphatic carboxylic acids is 1. The number of carboxylic acids is 1. The lowest BCUT2D eigenvalue weighted by molar-refractivity contribution is -0.137. The summed E-state index contributed by atoms with van der Waals surface area (Å²) in [6, 6.07) is 3.49. The van der Waals surface area contributed by atoms with Gasteiger partial charge in [0, 0.05) is 31.6 Å². The first kappa shape index (κ1) is 13.1. The van der Waals surface area contributed by atoms with E-state index in [-0.39, 0.29) is 12.3 Å². The highest BCUT2D eigenvalue weighted by atomic mass is 16.4. The maximum Gasteiger partial charge on any atom is 0.303 e. The van der Waals surface area contributed by atoms with E-state index in [9.17, 15) is 9.59 Å². The van der Waals surface area contributed by atoms with Crippen LogP contribution in [0.3, 0.4) is 0 Å². The van der Waals surface area contributed by atoms with Crippen molar-refractivity contribution in [2.45, 2.75) is 19.3 Å². The third-order valence-electron chi connectivity index (χ3n) is 2.75.